The molecule has 0 unspecified atom stereocenters. The SMILES string of the molecule is C#CCNCC(=O)Nc1[nH]ncc1C. The van der Waals surface area contributed by atoms with Gasteiger partial charge in [0.1, 0.15) is 5.82 Å². The Hall–Kier alpha value is -1.80. The second-order valence-corrected chi connectivity index (χ2v) is 2.78. The summed E-state index contributed by atoms with van der Waals surface area (Å²) < 4.78 is 0. The molecule has 3 N–H and O–H groups in total. The van der Waals surface area contributed by atoms with Gasteiger partial charge in [-0.1, -0.05) is 5.92 Å². The summed E-state index contributed by atoms with van der Waals surface area (Å²) in [6.07, 6.45) is 6.66. The molecule has 0 bridgehead atoms. The Balaban J connectivity index is 2.35. The van der Waals surface area contributed by atoms with Gasteiger partial charge in [-0.05, 0) is 6.92 Å². The summed E-state index contributed by atoms with van der Waals surface area (Å²) in [5.41, 5.74) is 0.898. The van der Waals surface area contributed by atoms with E-state index < -0.39 is 0 Å². The van der Waals surface area contributed by atoms with E-state index in [-0.39, 0.29) is 12.5 Å². The molecule has 0 saturated carbocycles. The molecule has 0 aliphatic heterocycles. The maximum Gasteiger partial charge on any atom is 0.239 e. The van der Waals surface area contributed by atoms with Gasteiger partial charge in [-0.3, -0.25) is 15.2 Å². The van der Waals surface area contributed by atoms with Gasteiger partial charge in [0.15, 0.2) is 0 Å². The molecule has 1 aromatic heterocycles. The zero-order valence-electron chi connectivity index (χ0n) is 7.92. The molecule has 14 heavy (non-hydrogen) atoms. The number of carbonyl (C=O) groups is 1. The summed E-state index contributed by atoms with van der Waals surface area (Å²) in [5.74, 6) is 2.86. The van der Waals surface area contributed by atoms with E-state index in [1.807, 2.05) is 6.92 Å². The van der Waals surface area contributed by atoms with Crippen LogP contribution < -0.4 is 10.6 Å². The van der Waals surface area contributed by atoms with Crippen LogP contribution >= 0.6 is 0 Å². The van der Waals surface area contributed by atoms with Gasteiger partial charge in [-0.15, -0.1) is 6.42 Å². The molecule has 5 nitrogen and oxygen atoms in total. The standard InChI is InChI=1S/C9H12N4O/c1-3-4-10-6-8(14)12-9-7(2)5-11-13-9/h1,5,10H,4,6H2,2H3,(H2,11,12,13,14). The molecule has 0 spiro atoms. The van der Waals surface area contributed by atoms with Crippen molar-refractivity contribution in [2.24, 2.45) is 0 Å². The van der Waals surface area contributed by atoms with Crippen LogP contribution in [0.25, 0.3) is 0 Å². The van der Waals surface area contributed by atoms with Crippen molar-refractivity contribution in [1.29, 1.82) is 0 Å². The van der Waals surface area contributed by atoms with E-state index in [0.29, 0.717) is 12.4 Å². The van der Waals surface area contributed by atoms with Gasteiger partial charge in [0, 0.05) is 5.56 Å². The summed E-state index contributed by atoms with van der Waals surface area (Å²) in [4.78, 5) is 11.2. The van der Waals surface area contributed by atoms with Crippen LogP contribution in [-0.4, -0.2) is 29.2 Å². The van der Waals surface area contributed by atoms with Crippen LogP contribution in [0, 0.1) is 19.3 Å². The quantitative estimate of drug-likeness (QED) is 0.460. The highest BCUT2D eigenvalue weighted by molar-refractivity contribution is 5.91. The third-order valence-electron chi connectivity index (χ3n) is 1.61. The van der Waals surface area contributed by atoms with Gasteiger partial charge < -0.3 is 5.32 Å². The van der Waals surface area contributed by atoms with Crippen LogP contribution in [0.2, 0.25) is 0 Å². The molecule has 74 valence electrons. The van der Waals surface area contributed by atoms with Gasteiger partial charge in [-0.25, -0.2) is 0 Å². The smallest absolute Gasteiger partial charge is 0.239 e. The minimum absolute atomic E-state index is 0.146. The minimum Gasteiger partial charge on any atom is -0.310 e. The molecule has 0 fully saturated rings. The fourth-order valence-corrected chi connectivity index (χ4v) is 0.905. The van der Waals surface area contributed by atoms with Crippen molar-refractivity contribution in [2.75, 3.05) is 18.4 Å². The summed E-state index contributed by atoms with van der Waals surface area (Å²) in [6, 6.07) is 0. The van der Waals surface area contributed by atoms with Crippen molar-refractivity contribution in [3.05, 3.63) is 11.8 Å². The number of aryl methyl sites for hydroxylation is 1. The zero-order valence-corrected chi connectivity index (χ0v) is 7.92. The van der Waals surface area contributed by atoms with Crippen molar-refractivity contribution in [3.63, 3.8) is 0 Å². The zero-order chi connectivity index (χ0) is 10.4. The first-order valence-electron chi connectivity index (χ1n) is 4.18. The molecule has 1 heterocycles. The number of hydrogen-bond acceptors (Lipinski definition) is 3. The predicted octanol–water partition coefficient (Wildman–Crippen LogP) is -0.121. The molecule has 0 atom stereocenters. The van der Waals surface area contributed by atoms with Gasteiger partial charge in [0.05, 0.1) is 19.3 Å². The van der Waals surface area contributed by atoms with E-state index in [2.05, 4.69) is 26.8 Å². The lowest BCUT2D eigenvalue weighted by molar-refractivity contribution is -0.115. The minimum atomic E-state index is -0.146. The second kappa shape index (κ2) is 5.04. The molecule has 0 aromatic carbocycles. The van der Waals surface area contributed by atoms with Crippen molar-refractivity contribution in [1.82, 2.24) is 15.5 Å². The topological polar surface area (TPSA) is 69.8 Å². The number of nitrogens with one attached hydrogen (secondary N) is 3. The predicted molar refractivity (Wildman–Crippen MR) is 53.7 cm³/mol. The second-order valence-electron chi connectivity index (χ2n) is 2.78. The summed E-state index contributed by atoms with van der Waals surface area (Å²) in [6.45, 7) is 2.44. The number of carbonyl (C=O) groups excluding carboxylic acids is 1. The summed E-state index contributed by atoms with van der Waals surface area (Å²) in [5, 5.41) is 11.9. The number of amides is 1. The maximum absolute atomic E-state index is 11.2. The molecule has 0 radical (unpaired) electrons. The summed E-state index contributed by atoms with van der Waals surface area (Å²) in [7, 11) is 0. The number of H-pyrrole nitrogens is 1. The molecule has 0 aliphatic carbocycles. The van der Waals surface area contributed by atoms with Gasteiger partial charge in [-0.2, -0.15) is 5.10 Å². The first-order chi connectivity index (χ1) is 6.74. The highest BCUT2D eigenvalue weighted by Gasteiger charge is 2.04. The van der Waals surface area contributed by atoms with E-state index in [1.165, 1.54) is 0 Å². The van der Waals surface area contributed by atoms with E-state index in [1.54, 1.807) is 6.20 Å². The lowest BCUT2D eigenvalue weighted by Gasteiger charge is -2.03. The fraction of sp³-hybridized carbons (Fsp3) is 0.333. The van der Waals surface area contributed by atoms with Gasteiger partial charge >= 0.3 is 0 Å². The first kappa shape index (κ1) is 10.3. The maximum atomic E-state index is 11.2. The summed E-state index contributed by atoms with van der Waals surface area (Å²) >= 11 is 0. The van der Waals surface area contributed by atoms with Gasteiger partial charge in [0.25, 0.3) is 0 Å². The Bertz CT molecular complexity index is 350. The number of terminal acetylenes is 1. The highest BCUT2D eigenvalue weighted by atomic mass is 16.2. The molecule has 0 aliphatic rings. The fourth-order valence-electron chi connectivity index (χ4n) is 0.905. The van der Waals surface area contributed by atoms with Crippen molar-refractivity contribution >= 4 is 11.7 Å². The molecular weight excluding hydrogens is 180 g/mol. The Morgan fingerprint density at radius 2 is 2.57 bits per heavy atom. The van der Waals surface area contributed by atoms with Crippen LogP contribution in [0.15, 0.2) is 6.20 Å². The lowest BCUT2D eigenvalue weighted by atomic mass is 10.4. The normalized spacial score (nSPS) is 9.43. The molecule has 5 heteroatoms. The Morgan fingerprint density at radius 3 is 3.14 bits per heavy atom. The largest absolute Gasteiger partial charge is 0.310 e. The van der Waals surface area contributed by atoms with Crippen LogP contribution in [-0.2, 0) is 4.79 Å². The number of nitrogens with zero attached hydrogens (tertiary/aromatic N) is 1. The van der Waals surface area contributed by atoms with Crippen LogP contribution in [0.3, 0.4) is 0 Å². The monoisotopic (exact) mass is 192 g/mol. The average molecular weight is 192 g/mol. The number of aromatic amines is 1. The lowest BCUT2D eigenvalue weighted by Crippen LogP contribution is -2.28. The van der Waals surface area contributed by atoms with E-state index >= 15 is 0 Å². The van der Waals surface area contributed by atoms with E-state index in [4.69, 9.17) is 6.42 Å². The van der Waals surface area contributed by atoms with Crippen molar-refractivity contribution in [2.45, 2.75) is 6.92 Å². The van der Waals surface area contributed by atoms with Crippen molar-refractivity contribution in [3.8, 4) is 12.3 Å². The Morgan fingerprint density at radius 1 is 1.79 bits per heavy atom. The van der Waals surface area contributed by atoms with Crippen molar-refractivity contribution < 1.29 is 4.79 Å². The van der Waals surface area contributed by atoms with E-state index in [9.17, 15) is 4.79 Å². The third kappa shape index (κ3) is 2.92. The van der Waals surface area contributed by atoms with Crippen LogP contribution in [0.1, 0.15) is 5.56 Å². The first-order valence-corrected chi connectivity index (χ1v) is 4.18. The number of anilines is 1. The average Bonchev–Trinajstić information content (AvgIpc) is 2.52. The van der Waals surface area contributed by atoms with E-state index in [0.717, 1.165) is 5.56 Å². The van der Waals surface area contributed by atoms with Gasteiger partial charge in [0.2, 0.25) is 5.91 Å². The molecule has 1 rings (SSSR count). The molecule has 1 amide bonds. The van der Waals surface area contributed by atoms with Crippen LogP contribution in [0.4, 0.5) is 5.82 Å². The molecular formula is C9H12N4O. The molecule has 0 saturated heterocycles. The number of rotatable bonds is 4. The highest BCUT2D eigenvalue weighted by Crippen LogP contribution is 2.07. The Labute approximate surface area is 82.3 Å². The third-order valence-corrected chi connectivity index (χ3v) is 1.61. The van der Waals surface area contributed by atoms with Crippen LogP contribution in [0.5, 0.6) is 0 Å². The molecule has 1 aromatic rings. The Kier molecular flexibility index (Phi) is 3.70. The number of hydrogen-bond donors (Lipinski definition) is 3. The number of aromatic nitrogens is 2.